The van der Waals surface area contributed by atoms with Gasteiger partial charge >= 0.3 is 5.97 Å². The van der Waals surface area contributed by atoms with Crippen LogP contribution in [0.25, 0.3) is 0 Å². The van der Waals surface area contributed by atoms with Crippen molar-refractivity contribution >= 4 is 11.9 Å². The van der Waals surface area contributed by atoms with Gasteiger partial charge < -0.3 is 10.1 Å². The zero-order valence-electron chi connectivity index (χ0n) is 12.5. The highest BCUT2D eigenvalue weighted by Gasteiger charge is 2.15. The minimum Gasteiger partial charge on any atom is -0.452 e. The van der Waals surface area contributed by atoms with Crippen molar-refractivity contribution in [1.29, 1.82) is 5.26 Å². The topological polar surface area (TPSA) is 79.2 Å². The summed E-state index contributed by atoms with van der Waals surface area (Å²) in [5.41, 5.74) is 0.806. The van der Waals surface area contributed by atoms with Crippen LogP contribution in [-0.2, 0) is 9.53 Å². The molecule has 1 amide bonds. The van der Waals surface area contributed by atoms with Crippen molar-refractivity contribution in [2.45, 2.75) is 32.1 Å². The molecule has 22 heavy (non-hydrogen) atoms. The van der Waals surface area contributed by atoms with Gasteiger partial charge in [0.25, 0.3) is 5.91 Å². The maximum absolute atomic E-state index is 11.8. The van der Waals surface area contributed by atoms with E-state index in [0.29, 0.717) is 23.6 Å². The first-order valence-corrected chi connectivity index (χ1v) is 7.63. The highest BCUT2D eigenvalue weighted by Crippen LogP contribution is 2.22. The van der Waals surface area contributed by atoms with Gasteiger partial charge in [0, 0.05) is 6.54 Å². The van der Waals surface area contributed by atoms with Crippen molar-refractivity contribution in [2.24, 2.45) is 5.92 Å². The molecule has 5 heteroatoms. The number of nitrogens with zero attached hydrogens (tertiary/aromatic N) is 1. The number of nitriles is 1. The highest BCUT2D eigenvalue weighted by molar-refractivity contribution is 5.91. The van der Waals surface area contributed by atoms with E-state index < -0.39 is 5.97 Å². The van der Waals surface area contributed by atoms with Crippen molar-refractivity contribution in [3.8, 4) is 6.07 Å². The molecule has 2 rings (SSSR count). The monoisotopic (exact) mass is 300 g/mol. The average Bonchev–Trinajstić information content (AvgIpc) is 2.58. The van der Waals surface area contributed by atoms with Crippen LogP contribution in [-0.4, -0.2) is 25.0 Å². The van der Waals surface area contributed by atoms with E-state index in [1.54, 1.807) is 12.1 Å². The fourth-order valence-electron chi connectivity index (χ4n) is 2.60. The number of benzene rings is 1. The minimum atomic E-state index is -0.558. The predicted molar refractivity (Wildman–Crippen MR) is 81.0 cm³/mol. The molecular weight excluding hydrogens is 280 g/mol. The third kappa shape index (κ3) is 4.88. The van der Waals surface area contributed by atoms with Gasteiger partial charge in [-0.1, -0.05) is 19.3 Å². The zero-order valence-corrected chi connectivity index (χ0v) is 12.5. The van der Waals surface area contributed by atoms with Gasteiger partial charge in [0.2, 0.25) is 0 Å². The minimum absolute atomic E-state index is 0.271. The summed E-state index contributed by atoms with van der Waals surface area (Å²) in [6.45, 7) is 0.388. The number of carbonyl (C=O) groups is 2. The lowest BCUT2D eigenvalue weighted by Crippen LogP contribution is -2.33. The molecule has 5 nitrogen and oxygen atoms in total. The largest absolute Gasteiger partial charge is 0.452 e. The Labute approximate surface area is 130 Å². The Morgan fingerprint density at radius 1 is 1.18 bits per heavy atom. The van der Waals surface area contributed by atoms with Crippen LogP contribution in [0.1, 0.15) is 48.0 Å². The van der Waals surface area contributed by atoms with Crippen molar-refractivity contribution in [3.05, 3.63) is 35.4 Å². The Balaban J connectivity index is 1.70. The first kappa shape index (κ1) is 16.0. The van der Waals surface area contributed by atoms with Gasteiger partial charge in [-0.3, -0.25) is 4.79 Å². The van der Waals surface area contributed by atoms with Gasteiger partial charge in [0.15, 0.2) is 6.61 Å². The van der Waals surface area contributed by atoms with Gasteiger partial charge in [0.1, 0.15) is 0 Å². The average molecular weight is 300 g/mol. The molecule has 1 aliphatic rings. The summed E-state index contributed by atoms with van der Waals surface area (Å²) in [4.78, 5) is 23.5. The Hall–Kier alpha value is -2.35. The fraction of sp³-hybridized carbons (Fsp3) is 0.471. The highest BCUT2D eigenvalue weighted by atomic mass is 16.5. The quantitative estimate of drug-likeness (QED) is 0.847. The molecule has 0 radical (unpaired) electrons. The Morgan fingerprint density at radius 2 is 1.86 bits per heavy atom. The third-order valence-electron chi connectivity index (χ3n) is 3.90. The summed E-state index contributed by atoms with van der Waals surface area (Å²) in [5, 5.41) is 11.5. The van der Waals surface area contributed by atoms with E-state index in [-0.39, 0.29) is 12.5 Å². The van der Waals surface area contributed by atoms with Gasteiger partial charge in [0.05, 0.1) is 17.2 Å². The number of ether oxygens (including phenoxy) is 1. The van der Waals surface area contributed by atoms with E-state index in [1.165, 1.54) is 31.4 Å². The number of hydrogen-bond acceptors (Lipinski definition) is 4. The molecule has 116 valence electrons. The van der Waals surface area contributed by atoms with E-state index in [1.807, 2.05) is 6.07 Å². The van der Waals surface area contributed by atoms with Crippen LogP contribution < -0.4 is 5.32 Å². The second-order valence-corrected chi connectivity index (χ2v) is 5.57. The number of carbonyl (C=O) groups excluding carboxylic acids is 2. The Bertz CT molecular complexity index is 554. The number of nitrogens with one attached hydrogen (secondary N) is 1. The molecule has 0 bridgehead atoms. The lowest BCUT2D eigenvalue weighted by molar-refractivity contribution is -0.124. The molecule has 0 aliphatic heterocycles. The number of esters is 1. The van der Waals surface area contributed by atoms with Crippen molar-refractivity contribution in [3.63, 3.8) is 0 Å². The maximum atomic E-state index is 11.8. The summed E-state index contributed by atoms with van der Waals surface area (Å²) in [5.74, 6) is -0.281. The van der Waals surface area contributed by atoms with Crippen LogP contribution in [0.3, 0.4) is 0 Å². The molecule has 0 heterocycles. The molecule has 0 unspecified atom stereocenters. The molecule has 1 aliphatic carbocycles. The smallest absolute Gasteiger partial charge is 0.338 e. The molecule has 1 fully saturated rings. The van der Waals surface area contributed by atoms with Gasteiger partial charge in [-0.05, 0) is 43.0 Å². The summed E-state index contributed by atoms with van der Waals surface area (Å²) >= 11 is 0. The van der Waals surface area contributed by atoms with Crippen molar-refractivity contribution in [2.75, 3.05) is 13.2 Å². The molecule has 0 aromatic heterocycles. The van der Waals surface area contributed by atoms with E-state index in [2.05, 4.69) is 5.32 Å². The molecule has 0 spiro atoms. The number of amides is 1. The summed E-state index contributed by atoms with van der Waals surface area (Å²) in [6, 6.07) is 8.09. The summed E-state index contributed by atoms with van der Waals surface area (Å²) in [6.07, 6.45) is 6.06. The Morgan fingerprint density at radius 3 is 2.50 bits per heavy atom. The lowest BCUT2D eigenvalue weighted by Gasteiger charge is -2.21. The second kappa shape index (κ2) is 8.18. The van der Waals surface area contributed by atoms with Gasteiger partial charge in [-0.2, -0.15) is 5.26 Å². The Kier molecular flexibility index (Phi) is 5.96. The predicted octanol–water partition coefficient (Wildman–Crippen LogP) is 2.41. The second-order valence-electron chi connectivity index (χ2n) is 5.57. The van der Waals surface area contributed by atoms with Crippen LogP contribution in [0.5, 0.6) is 0 Å². The molecule has 1 aromatic rings. The fourth-order valence-corrected chi connectivity index (χ4v) is 2.60. The molecule has 1 saturated carbocycles. The molecule has 0 saturated heterocycles. The zero-order chi connectivity index (χ0) is 15.8. The molecule has 1 aromatic carbocycles. The summed E-state index contributed by atoms with van der Waals surface area (Å²) < 4.78 is 4.97. The lowest BCUT2D eigenvalue weighted by atomic mass is 9.89. The first-order valence-electron chi connectivity index (χ1n) is 7.63. The number of rotatable bonds is 5. The normalized spacial score (nSPS) is 14.9. The van der Waals surface area contributed by atoms with Crippen LogP contribution in [0.2, 0.25) is 0 Å². The molecule has 1 N–H and O–H groups in total. The summed E-state index contributed by atoms with van der Waals surface area (Å²) in [7, 11) is 0. The standard InChI is InChI=1S/C17H20N2O3/c18-10-13-6-8-15(9-7-13)17(21)22-12-16(20)19-11-14-4-2-1-3-5-14/h6-9,14H,1-5,11-12H2,(H,19,20). The molecule has 0 atom stereocenters. The third-order valence-corrected chi connectivity index (χ3v) is 3.90. The van der Waals surface area contributed by atoms with Crippen LogP contribution >= 0.6 is 0 Å². The van der Waals surface area contributed by atoms with E-state index in [4.69, 9.17) is 10.00 Å². The van der Waals surface area contributed by atoms with Crippen LogP contribution in [0.4, 0.5) is 0 Å². The van der Waals surface area contributed by atoms with Crippen LogP contribution in [0.15, 0.2) is 24.3 Å². The van der Waals surface area contributed by atoms with Gasteiger partial charge in [-0.25, -0.2) is 4.79 Å². The van der Waals surface area contributed by atoms with E-state index in [0.717, 1.165) is 12.8 Å². The maximum Gasteiger partial charge on any atom is 0.338 e. The van der Waals surface area contributed by atoms with E-state index in [9.17, 15) is 9.59 Å². The van der Waals surface area contributed by atoms with Crippen LogP contribution in [0, 0.1) is 17.2 Å². The molecular formula is C17H20N2O3. The number of hydrogen-bond donors (Lipinski definition) is 1. The SMILES string of the molecule is N#Cc1ccc(C(=O)OCC(=O)NCC2CCCCC2)cc1. The van der Waals surface area contributed by atoms with Crippen molar-refractivity contribution in [1.82, 2.24) is 5.32 Å². The van der Waals surface area contributed by atoms with Gasteiger partial charge in [-0.15, -0.1) is 0 Å². The first-order chi connectivity index (χ1) is 10.7. The van der Waals surface area contributed by atoms with Crippen molar-refractivity contribution < 1.29 is 14.3 Å². The van der Waals surface area contributed by atoms with E-state index >= 15 is 0 Å².